The Balaban J connectivity index is 2.07. The van der Waals surface area contributed by atoms with E-state index in [4.69, 9.17) is 0 Å². The summed E-state index contributed by atoms with van der Waals surface area (Å²) < 4.78 is 0. The van der Waals surface area contributed by atoms with Crippen molar-refractivity contribution in [2.45, 2.75) is 44.7 Å². The van der Waals surface area contributed by atoms with Gasteiger partial charge in [-0.05, 0) is 64.4 Å². The van der Waals surface area contributed by atoms with Crippen LogP contribution in [0.5, 0.6) is 0 Å². The highest BCUT2D eigenvalue weighted by atomic mass is 15.2. The highest BCUT2D eigenvalue weighted by molar-refractivity contribution is 5.59. The average Bonchev–Trinajstić information content (AvgIpc) is 2.56. The predicted molar refractivity (Wildman–Crippen MR) is 104 cm³/mol. The lowest BCUT2D eigenvalue weighted by Gasteiger charge is -2.46. The Morgan fingerprint density at radius 2 is 1.58 bits per heavy atom. The predicted octanol–water partition coefficient (Wildman–Crippen LogP) is 5.11. The lowest BCUT2D eigenvalue weighted by molar-refractivity contribution is 0.334. The summed E-state index contributed by atoms with van der Waals surface area (Å²) in [6.45, 7) is 5.92. The molecule has 2 aromatic carbocycles. The Kier molecular flexibility index (Phi) is 4.96. The van der Waals surface area contributed by atoms with Gasteiger partial charge in [-0.3, -0.25) is 4.90 Å². The van der Waals surface area contributed by atoms with E-state index in [2.05, 4.69) is 92.3 Å². The van der Waals surface area contributed by atoms with E-state index in [1.165, 1.54) is 36.1 Å². The van der Waals surface area contributed by atoms with Crippen molar-refractivity contribution in [2.75, 3.05) is 25.5 Å². The van der Waals surface area contributed by atoms with Gasteiger partial charge in [0.25, 0.3) is 0 Å². The summed E-state index contributed by atoms with van der Waals surface area (Å²) in [5, 5.41) is 0. The smallest absolute Gasteiger partial charge is 0.0617 e. The fourth-order valence-corrected chi connectivity index (χ4v) is 4.07. The Morgan fingerprint density at radius 1 is 0.917 bits per heavy atom. The Morgan fingerprint density at radius 3 is 2.25 bits per heavy atom. The molecule has 2 aromatic rings. The number of nitrogens with zero attached hydrogens (tertiary/aromatic N) is 2. The first kappa shape index (κ1) is 17.0. The minimum Gasteiger partial charge on any atom is -0.366 e. The molecule has 2 nitrogen and oxygen atoms in total. The Bertz CT molecular complexity index is 661. The van der Waals surface area contributed by atoms with E-state index < -0.39 is 0 Å². The molecule has 3 rings (SSSR count). The molecule has 1 atom stereocenters. The summed E-state index contributed by atoms with van der Waals surface area (Å²) in [7, 11) is 4.35. The Hall–Kier alpha value is -1.80. The molecule has 1 unspecified atom stereocenters. The van der Waals surface area contributed by atoms with Crippen LogP contribution in [0.2, 0.25) is 0 Å². The molecular formula is C22H30N2. The summed E-state index contributed by atoms with van der Waals surface area (Å²) in [6, 6.07) is 20.1. The van der Waals surface area contributed by atoms with Crippen LogP contribution in [0, 0.1) is 0 Å². The van der Waals surface area contributed by atoms with Crippen molar-refractivity contribution >= 4 is 5.69 Å². The molecule has 0 radical (unpaired) electrons. The number of anilines is 1. The fraction of sp³-hybridized carbons (Fsp3) is 0.455. The number of hydrogen-bond donors (Lipinski definition) is 0. The number of benzene rings is 2. The number of para-hydroxylation sites is 1. The molecule has 1 heterocycles. The summed E-state index contributed by atoms with van der Waals surface area (Å²) in [4.78, 5) is 4.95. The highest BCUT2D eigenvalue weighted by Crippen LogP contribution is 2.39. The van der Waals surface area contributed by atoms with Crippen LogP contribution in [0.25, 0.3) is 0 Å². The van der Waals surface area contributed by atoms with Gasteiger partial charge in [-0.1, -0.05) is 48.5 Å². The van der Waals surface area contributed by atoms with Gasteiger partial charge in [0.2, 0.25) is 0 Å². The monoisotopic (exact) mass is 322 g/mol. The molecule has 0 saturated carbocycles. The van der Waals surface area contributed by atoms with Crippen LogP contribution in [-0.2, 0) is 0 Å². The van der Waals surface area contributed by atoms with Crippen LogP contribution >= 0.6 is 0 Å². The molecular weight excluding hydrogens is 292 g/mol. The van der Waals surface area contributed by atoms with Gasteiger partial charge in [-0.25, -0.2) is 0 Å². The molecule has 0 amide bonds. The topological polar surface area (TPSA) is 6.48 Å². The molecule has 1 aliphatic heterocycles. The Labute approximate surface area is 147 Å². The van der Waals surface area contributed by atoms with Crippen molar-refractivity contribution in [1.29, 1.82) is 0 Å². The molecule has 1 saturated heterocycles. The van der Waals surface area contributed by atoms with E-state index in [-0.39, 0.29) is 11.6 Å². The third-order valence-corrected chi connectivity index (χ3v) is 5.30. The van der Waals surface area contributed by atoms with Crippen molar-refractivity contribution in [3.8, 4) is 0 Å². The third kappa shape index (κ3) is 3.34. The van der Waals surface area contributed by atoms with Crippen LogP contribution in [0.1, 0.15) is 50.3 Å². The van der Waals surface area contributed by atoms with E-state index in [0.717, 1.165) is 6.54 Å². The van der Waals surface area contributed by atoms with Gasteiger partial charge in [0.05, 0.1) is 6.04 Å². The molecule has 0 aromatic heterocycles. The standard InChI is InChI=1S/C22H30N2/c1-22(2)16-10-11-17-24(22)20-15-9-8-14-19(20)21(23(3)4)18-12-6-5-7-13-18/h5-9,12-15,21H,10-11,16-17H2,1-4H3. The van der Waals surface area contributed by atoms with Gasteiger partial charge in [-0.15, -0.1) is 0 Å². The fourth-order valence-electron chi connectivity index (χ4n) is 4.07. The SMILES string of the molecule is CN(C)C(c1ccccc1)c1ccccc1N1CCCCC1(C)C. The molecule has 0 spiro atoms. The van der Waals surface area contributed by atoms with Gasteiger partial charge < -0.3 is 4.90 Å². The lowest BCUT2D eigenvalue weighted by Crippen LogP contribution is -2.48. The van der Waals surface area contributed by atoms with Gasteiger partial charge >= 0.3 is 0 Å². The van der Waals surface area contributed by atoms with Gasteiger partial charge in [0.1, 0.15) is 0 Å². The maximum absolute atomic E-state index is 2.63. The van der Waals surface area contributed by atoms with Crippen LogP contribution in [0.4, 0.5) is 5.69 Å². The molecule has 128 valence electrons. The first-order chi connectivity index (χ1) is 11.5. The summed E-state index contributed by atoms with van der Waals surface area (Å²) in [5.41, 5.74) is 4.38. The second kappa shape index (κ2) is 6.98. The molecule has 1 fully saturated rings. The van der Waals surface area contributed by atoms with Crippen LogP contribution in [0.15, 0.2) is 54.6 Å². The van der Waals surface area contributed by atoms with E-state index in [0.29, 0.717) is 0 Å². The van der Waals surface area contributed by atoms with Crippen LogP contribution in [0.3, 0.4) is 0 Å². The summed E-state index contributed by atoms with van der Waals surface area (Å²) in [6.07, 6.45) is 3.89. The zero-order valence-corrected chi connectivity index (χ0v) is 15.5. The second-order valence-electron chi connectivity index (χ2n) is 7.76. The molecule has 2 heteroatoms. The normalized spacial score (nSPS) is 18.6. The minimum atomic E-state index is 0.224. The van der Waals surface area contributed by atoms with Gasteiger partial charge in [0.15, 0.2) is 0 Å². The van der Waals surface area contributed by atoms with Gasteiger partial charge in [-0.2, -0.15) is 0 Å². The number of piperidine rings is 1. The first-order valence-corrected chi connectivity index (χ1v) is 9.09. The quantitative estimate of drug-likeness (QED) is 0.772. The van der Waals surface area contributed by atoms with Crippen molar-refractivity contribution in [3.63, 3.8) is 0 Å². The maximum atomic E-state index is 2.63. The number of rotatable bonds is 4. The van der Waals surface area contributed by atoms with Crippen molar-refractivity contribution in [1.82, 2.24) is 4.90 Å². The van der Waals surface area contributed by atoms with Crippen LogP contribution < -0.4 is 4.90 Å². The minimum absolute atomic E-state index is 0.224. The van der Waals surface area contributed by atoms with Crippen molar-refractivity contribution < 1.29 is 0 Å². The van der Waals surface area contributed by atoms with E-state index in [1.54, 1.807) is 0 Å². The highest BCUT2D eigenvalue weighted by Gasteiger charge is 2.32. The van der Waals surface area contributed by atoms with E-state index in [9.17, 15) is 0 Å². The maximum Gasteiger partial charge on any atom is 0.0617 e. The molecule has 0 bridgehead atoms. The molecule has 24 heavy (non-hydrogen) atoms. The molecule has 0 aliphatic carbocycles. The van der Waals surface area contributed by atoms with Crippen molar-refractivity contribution in [3.05, 3.63) is 65.7 Å². The lowest BCUT2D eigenvalue weighted by atomic mass is 9.87. The zero-order valence-electron chi connectivity index (χ0n) is 15.5. The van der Waals surface area contributed by atoms with Crippen molar-refractivity contribution in [2.24, 2.45) is 0 Å². The number of hydrogen-bond acceptors (Lipinski definition) is 2. The van der Waals surface area contributed by atoms with E-state index in [1.807, 2.05) is 0 Å². The van der Waals surface area contributed by atoms with Gasteiger partial charge in [0, 0.05) is 17.8 Å². The molecule has 1 aliphatic rings. The largest absolute Gasteiger partial charge is 0.366 e. The summed E-state index contributed by atoms with van der Waals surface area (Å²) in [5.74, 6) is 0. The summed E-state index contributed by atoms with van der Waals surface area (Å²) >= 11 is 0. The average molecular weight is 322 g/mol. The second-order valence-corrected chi connectivity index (χ2v) is 7.76. The third-order valence-electron chi connectivity index (χ3n) is 5.30. The van der Waals surface area contributed by atoms with Crippen LogP contribution in [-0.4, -0.2) is 31.1 Å². The van der Waals surface area contributed by atoms with E-state index >= 15 is 0 Å². The molecule has 0 N–H and O–H groups in total. The zero-order chi connectivity index (χ0) is 17.2. The first-order valence-electron chi connectivity index (χ1n) is 9.09.